The van der Waals surface area contributed by atoms with Crippen molar-refractivity contribution in [3.8, 4) is 5.75 Å². The maximum absolute atomic E-state index is 13.0. The van der Waals surface area contributed by atoms with Crippen molar-refractivity contribution in [3.05, 3.63) is 52.3 Å². The maximum Gasteiger partial charge on any atom is 0.125 e. The standard InChI is InChI=1S/C14H13BrFNOS/c1-18-11-3-4-12(15)9(6-11)8-19-14-5-2-10(16)7-13(14)17/h2-7H,8,17H2,1H3. The Morgan fingerprint density at radius 3 is 2.74 bits per heavy atom. The van der Waals surface area contributed by atoms with E-state index in [2.05, 4.69) is 15.9 Å². The lowest BCUT2D eigenvalue weighted by atomic mass is 10.2. The quantitative estimate of drug-likeness (QED) is 0.658. The normalized spacial score (nSPS) is 10.5. The number of nitrogen functional groups attached to an aromatic ring is 1. The highest BCUT2D eigenvalue weighted by Gasteiger charge is 2.06. The van der Waals surface area contributed by atoms with Gasteiger partial charge >= 0.3 is 0 Å². The van der Waals surface area contributed by atoms with Gasteiger partial charge in [-0.15, -0.1) is 11.8 Å². The molecule has 0 aliphatic carbocycles. The van der Waals surface area contributed by atoms with Crippen LogP contribution in [0.4, 0.5) is 10.1 Å². The van der Waals surface area contributed by atoms with Crippen LogP contribution in [0.25, 0.3) is 0 Å². The Bertz CT molecular complexity index is 592. The molecule has 0 atom stereocenters. The van der Waals surface area contributed by atoms with Crippen molar-refractivity contribution in [3.63, 3.8) is 0 Å². The van der Waals surface area contributed by atoms with Crippen LogP contribution in [0.15, 0.2) is 45.8 Å². The number of ether oxygens (including phenoxy) is 1. The second kappa shape index (κ2) is 6.30. The fourth-order valence-electron chi connectivity index (χ4n) is 1.59. The average molecular weight is 342 g/mol. The van der Waals surface area contributed by atoms with Gasteiger partial charge in [-0.05, 0) is 42.0 Å². The van der Waals surface area contributed by atoms with Crippen LogP contribution in [-0.2, 0) is 5.75 Å². The van der Waals surface area contributed by atoms with Crippen LogP contribution < -0.4 is 10.5 Å². The van der Waals surface area contributed by atoms with Gasteiger partial charge in [0.25, 0.3) is 0 Å². The molecule has 2 aromatic rings. The van der Waals surface area contributed by atoms with E-state index >= 15 is 0 Å². The topological polar surface area (TPSA) is 35.2 Å². The van der Waals surface area contributed by atoms with Crippen molar-refractivity contribution in [2.75, 3.05) is 12.8 Å². The van der Waals surface area contributed by atoms with E-state index in [1.807, 2.05) is 18.2 Å². The highest BCUT2D eigenvalue weighted by molar-refractivity contribution is 9.10. The number of hydrogen-bond acceptors (Lipinski definition) is 3. The summed E-state index contributed by atoms with van der Waals surface area (Å²) < 4.78 is 19.2. The van der Waals surface area contributed by atoms with E-state index in [9.17, 15) is 4.39 Å². The summed E-state index contributed by atoms with van der Waals surface area (Å²) >= 11 is 5.07. The van der Waals surface area contributed by atoms with Gasteiger partial charge in [0, 0.05) is 20.8 Å². The van der Waals surface area contributed by atoms with Crippen molar-refractivity contribution in [2.24, 2.45) is 0 Å². The molecule has 0 unspecified atom stereocenters. The van der Waals surface area contributed by atoms with E-state index in [0.29, 0.717) is 5.69 Å². The highest BCUT2D eigenvalue weighted by Crippen LogP contribution is 2.32. The summed E-state index contributed by atoms with van der Waals surface area (Å²) in [4.78, 5) is 0.871. The van der Waals surface area contributed by atoms with Crippen LogP contribution in [0.5, 0.6) is 5.75 Å². The first kappa shape index (κ1) is 14.2. The van der Waals surface area contributed by atoms with Crippen molar-refractivity contribution in [1.29, 1.82) is 0 Å². The van der Waals surface area contributed by atoms with E-state index in [1.54, 1.807) is 24.9 Å². The van der Waals surface area contributed by atoms with E-state index in [4.69, 9.17) is 10.5 Å². The lowest BCUT2D eigenvalue weighted by Gasteiger charge is -2.09. The number of halogens is 2. The lowest BCUT2D eigenvalue weighted by molar-refractivity contribution is 0.414. The summed E-state index contributed by atoms with van der Waals surface area (Å²) in [6.45, 7) is 0. The summed E-state index contributed by atoms with van der Waals surface area (Å²) in [5, 5.41) is 0. The molecule has 0 fully saturated rings. The molecule has 0 aliphatic rings. The summed E-state index contributed by atoms with van der Waals surface area (Å²) in [6.07, 6.45) is 0. The van der Waals surface area contributed by atoms with Gasteiger partial charge in [-0.1, -0.05) is 15.9 Å². The van der Waals surface area contributed by atoms with Crippen molar-refractivity contribution in [2.45, 2.75) is 10.6 Å². The third kappa shape index (κ3) is 3.64. The first-order valence-electron chi connectivity index (χ1n) is 5.60. The minimum Gasteiger partial charge on any atom is -0.497 e. The first-order valence-corrected chi connectivity index (χ1v) is 7.38. The zero-order chi connectivity index (χ0) is 13.8. The Morgan fingerprint density at radius 2 is 2.05 bits per heavy atom. The van der Waals surface area contributed by atoms with Crippen molar-refractivity contribution in [1.82, 2.24) is 0 Å². The summed E-state index contributed by atoms with van der Waals surface area (Å²) in [5.41, 5.74) is 7.35. The Balaban J connectivity index is 2.14. The van der Waals surface area contributed by atoms with E-state index < -0.39 is 0 Å². The number of rotatable bonds is 4. The van der Waals surface area contributed by atoms with E-state index in [-0.39, 0.29) is 5.82 Å². The maximum atomic E-state index is 13.0. The molecule has 2 N–H and O–H groups in total. The van der Waals surface area contributed by atoms with Gasteiger partial charge in [0.2, 0.25) is 0 Å². The molecule has 5 heteroatoms. The fraction of sp³-hybridized carbons (Fsp3) is 0.143. The fourth-order valence-corrected chi connectivity index (χ4v) is 3.11. The number of hydrogen-bond donors (Lipinski definition) is 1. The Kier molecular flexibility index (Phi) is 4.71. The molecule has 0 aliphatic heterocycles. The van der Waals surface area contributed by atoms with E-state index in [1.165, 1.54) is 12.1 Å². The van der Waals surface area contributed by atoms with Crippen LogP contribution in [0.1, 0.15) is 5.56 Å². The summed E-state index contributed by atoms with van der Waals surface area (Å²) in [5.74, 6) is 1.23. The number of methoxy groups -OCH3 is 1. The Labute approximate surface area is 124 Å². The minimum atomic E-state index is -0.315. The monoisotopic (exact) mass is 341 g/mol. The summed E-state index contributed by atoms with van der Waals surface area (Å²) in [6, 6.07) is 10.3. The lowest BCUT2D eigenvalue weighted by Crippen LogP contribution is -1.91. The second-order valence-electron chi connectivity index (χ2n) is 3.93. The molecular formula is C14H13BrFNOS. The molecule has 0 heterocycles. The zero-order valence-electron chi connectivity index (χ0n) is 10.3. The van der Waals surface area contributed by atoms with Gasteiger partial charge in [0.15, 0.2) is 0 Å². The number of anilines is 1. The molecule has 2 nitrogen and oxygen atoms in total. The smallest absolute Gasteiger partial charge is 0.125 e. The molecule has 0 saturated heterocycles. The SMILES string of the molecule is COc1ccc(Br)c(CSc2ccc(F)cc2N)c1. The highest BCUT2D eigenvalue weighted by atomic mass is 79.9. The molecule has 2 rings (SSSR count). The van der Waals surface area contributed by atoms with Crippen molar-refractivity contribution < 1.29 is 9.13 Å². The molecule has 0 amide bonds. The van der Waals surface area contributed by atoms with Gasteiger partial charge in [0.1, 0.15) is 11.6 Å². The molecule has 100 valence electrons. The van der Waals surface area contributed by atoms with Crippen LogP contribution in [0.3, 0.4) is 0 Å². The molecule has 0 aromatic heterocycles. The van der Waals surface area contributed by atoms with E-state index in [0.717, 1.165) is 26.4 Å². The largest absolute Gasteiger partial charge is 0.497 e. The number of nitrogens with two attached hydrogens (primary N) is 1. The molecule has 0 spiro atoms. The first-order chi connectivity index (χ1) is 9.10. The van der Waals surface area contributed by atoms with Crippen LogP contribution in [0.2, 0.25) is 0 Å². The van der Waals surface area contributed by atoms with Gasteiger partial charge in [0.05, 0.1) is 7.11 Å². The molecule has 0 radical (unpaired) electrons. The molecule has 19 heavy (non-hydrogen) atoms. The molecule has 2 aromatic carbocycles. The average Bonchev–Trinajstić information content (AvgIpc) is 2.39. The second-order valence-corrected chi connectivity index (χ2v) is 5.80. The predicted octanol–water partition coefficient (Wildman–Crippen LogP) is 4.47. The van der Waals surface area contributed by atoms with Gasteiger partial charge in [-0.3, -0.25) is 0 Å². The third-order valence-corrected chi connectivity index (χ3v) is 4.52. The van der Waals surface area contributed by atoms with Crippen molar-refractivity contribution >= 4 is 33.4 Å². The number of thioether (sulfide) groups is 1. The van der Waals surface area contributed by atoms with Crippen LogP contribution in [-0.4, -0.2) is 7.11 Å². The van der Waals surface area contributed by atoms with Crippen LogP contribution in [0, 0.1) is 5.82 Å². The van der Waals surface area contributed by atoms with Gasteiger partial charge < -0.3 is 10.5 Å². The predicted molar refractivity (Wildman–Crippen MR) is 81.1 cm³/mol. The van der Waals surface area contributed by atoms with Gasteiger partial charge in [-0.2, -0.15) is 0 Å². The summed E-state index contributed by atoms with van der Waals surface area (Å²) in [7, 11) is 1.64. The Morgan fingerprint density at radius 1 is 1.26 bits per heavy atom. The molecular weight excluding hydrogens is 329 g/mol. The minimum absolute atomic E-state index is 0.315. The Hall–Kier alpha value is -1.20. The zero-order valence-corrected chi connectivity index (χ0v) is 12.7. The number of benzene rings is 2. The molecule has 0 saturated carbocycles. The third-order valence-electron chi connectivity index (χ3n) is 2.61. The van der Waals surface area contributed by atoms with Crippen LogP contribution >= 0.6 is 27.7 Å². The van der Waals surface area contributed by atoms with Gasteiger partial charge in [-0.25, -0.2) is 4.39 Å². The molecule has 0 bridgehead atoms.